The van der Waals surface area contributed by atoms with Crippen molar-refractivity contribution in [3.05, 3.63) is 78.4 Å². The van der Waals surface area contributed by atoms with E-state index in [1.807, 2.05) is 49.4 Å². The zero-order valence-electron chi connectivity index (χ0n) is 11.8. The molecular formula is C18H19NO. The second kappa shape index (κ2) is 7.29. The van der Waals surface area contributed by atoms with Crippen LogP contribution in [0.3, 0.4) is 0 Å². The molecule has 2 heteroatoms. The van der Waals surface area contributed by atoms with E-state index in [2.05, 4.69) is 23.7 Å². The quantitative estimate of drug-likeness (QED) is 0.565. The lowest BCUT2D eigenvalue weighted by atomic mass is 10.1. The summed E-state index contributed by atoms with van der Waals surface area (Å²) in [7, 11) is 0. The van der Waals surface area contributed by atoms with E-state index in [1.165, 1.54) is 5.56 Å². The first-order valence-electron chi connectivity index (χ1n) is 6.68. The number of hydrogen-bond donors (Lipinski definition) is 0. The van der Waals surface area contributed by atoms with Gasteiger partial charge in [0.1, 0.15) is 12.4 Å². The molecule has 0 atom stereocenters. The van der Waals surface area contributed by atoms with Gasteiger partial charge in [0, 0.05) is 5.71 Å². The van der Waals surface area contributed by atoms with Gasteiger partial charge in [-0.2, -0.15) is 0 Å². The van der Waals surface area contributed by atoms with Crippen molar-refractivity contribution in [3.8, 4) is 5.75 Å². The fraction of sp³-hybridized carbons (Fsp3) is 0.167. The molecule has 102 valence electrons. The lowest BCUT2D eigenvalue weighted by molar-refractivity contribution is 0.363. The van der Waals surface area contributed by atoms with Crippen molar-refractivity contribution in [2.45, 2.75) is 13.5 Å². The highest BCUT2D eigenvalue weighted by atomic mass is 16.5. The van der Waals surface area contributed by atoms with Gasteiger partial charge in [-0.15, -0.1) is 0 Å². The highest BCUT2D eigenvalue weighted by Gasteiger charge is 2.00. The summed E-state index contributed by atoms with van der Waals surface area (Å²) in [6.45, 7) is 6.89. The molecule has 0 heterocycles. The van der Waals surface area contributed by atoms with E-state index in [0.29, 0.717) is 13.2 Å². The van der Waals surface area contributed by atoms with Crippen LogP contribution in [-0.2, 0) is 6.54 Å². The molecule has 0 aliphatic carbocycles. The smallest absolute Gasteiger partial charge is 0.120 e. The first kappa shape index (κ1) is 14.1. The van der Waals surface area contributed by atoms with Crippen molar-refractivity contribution in [1.82, 2.24) is 0 Å². The minimum absolute atomic E-state index is 0.518. The molecule has 2 nitrogen and oxygen atoms in total. The average Bonchev–Trinajstić information content (AvgIpc) is 2.52. The summed E-state index contributed by atoms with van der Waals surface area (Å²) in [4.78, 5) is 4.63. The second-order valence-corrected chi connectivity index (χ2v) is 4.51. The maximum Gasteiger partial charge on any atom is 0.120 e. The van der Waals surface area contributed by atoms with Crippen molar-refractivity contribution < 1.29 is 4.74 Å². The number of benzene rings is 2. The number of nitrogens with zero attached hydrogens (tertiary/aromatic N) is 1. The van der Waals surface area contributed by atoms with Crippen molar-refractivity contribution in [2.75, 3.05) is 6.61 Å². The molecule has 0 radical (unpaired) electrons. The third kappa shape index (κ3) is 4.09. The predicted octanol–water partition coefficient (Wildman–Crippen LogP) is 4.26. The first-order chi connectivity index (χ1) is 9.79. The summed E-state index contributed by atoms with van der Waals surface area (Å²) < 4.78 is 5.54. The molecule has 0 aromatic heterocycles. The molecule has 2 aromatic rings. The van der Waals surface area contributed by atoms with Gasteiger partial charge in [0.05, 0.1) is 6.54 Å². The highest BCUT2D eigenvalue weighted by molar-refractivity contribution is 5.99. The van der Waals surface area contributed by atoms with Crippen molar-refractivity contribution in [2.24, 2.45) is 4.99 Å². The number of rotatable bonds is 6. The van der Waals surface area contributed by atoms with Crippen molar-refractivity contribution >= 4 is 5.71 Å². The highest BCUT2D eigenvalue weighted by Crippen LogP contribution is 2.14. The van der Waals surface area contributed by atoms with Crippen LogP contribution in [-0.4, -0.2) is 12.3 Å². The number of hydrogen-bond acceptors (Lipinski definition) is 2. The van der Waals surface area contributed by atoms with E-state index in [-0.39, 0.29) is 0 Å². The Kier molecular flexibility index (Phi) is 5.13. The molecule has 0 aliphatic rings. The standard InChI is InChI=1S/C18H19NO/c1-3-12-20-18-11-7-10-17(13-18)15(2)19-14-16-8-5-4-6-9-16/h3-11,13H,1,12,14H2,2H3. The molecule has 0 N–H and O–H groups in total. The van der Waals surface area contributed by atoms with Gasteiger partial charge in [-0.3, -0.25) is 4.99 Å². The molecule has 0 fully saturated rings. The Morgan fingerprint density at radius 1 is 1.15 bits per heavy atom. The molecule has 0 aliphatic heterocycles. The summed E-state index contributed by atoms with van der Waals surface area (Å²) >= 11 is 0. The van der Waals surface area contributed by atoms with Gasteiger partial charge >= 0.3 is 0 Å². The van der Waals surface area contributed by atoms with Crippen LogP contribution in [0.2, 0.25) is 0 Å². The van der Waals surface area contributed by atoms with Crippen molar-refractivity contribution in [1.29, 1.82) is 0 Å². The Morgan fingerprint density at radius 3 is 2.70 bits per heavy atom. The van der Waals surface area contributed by atoms with Crippen LogP contribution >= 0.6 is 0 Å². The molecule has 0 saturated heterocycles. The Balaban J connectivity index is 2.08. The van der Waals surface area contributed by atoms with Crippen LogP contribution in [0.25, 0.3) is 0 Å². The van der Waals surface area contributed by atoms with Crippen LogP contribution in [0.4, 0.5) is 0 Å². The maximum absolute atomic E-state index is 5.54. The van der Waals surface area contributed by atoms with Crippen LogP contribution in [0.15, 0.2) is 72.2 Å². The average molecular weight is 265 g/mol. The normalized spacial score (nSPS) is 11.2. The monoisotopic (exact) mass is 265 g/mol. The van der Waals surface area contributed by atoms with Crippen LogP contribution < -0.4 is 4.74 Å². The Morgan fingerprint density at radius 2 is 1.95 bits per heavy atom. The van der Waals surface area contributed by atoms with Gasteiger partial charge in [0.25, 0.3) is 0 Å². The van der Waals surface area contributed by atoms with Crippen molar-refractivity contribution in [3.63, 3.8) is 0 Å². The molecule has 0 bridgehead atoms. The summed E-state index contributed by atoms with van der Waals surface area (Å²) in [6.07, 6.45) is 1.74. The molecule has 2 rings (SSSR count). The molecule has 0 amide bonds. The Bertz CT molecular complexity index is 587. The Labute approximate surface area is 120 Å². The van der Waals surface area contributed by atoms with E-state index in [4.69, 9.17) is 4.74 Å². The first-order valence-corrected chi connectivity index (χ1v) is 6.68. The SMILES string of the molecule is C=CCOc1cccc(C(C)=NCc2ccccc2)c1. The molecular weight excluding hydrogens is 246 g/mol. The van der Waals surface area contributed by atoms with Crippen LogP contribution in [0, 0.1) is 0 Å². The van der Waals surface area contributed by atoms with E-state index < -0.39 is 0 Å². The zero-order chi connectivity index (χ0) is 14.2. The third-order valence-electron chi connectivity index (χ3n) is 2.96. The number of ether oxygens (including phenoxy) is 1. The predicted molar refractivity (Wildman–Crippen MR) is 84.5 cm³/mol. The fourth-order valence-corrected chi connectivity index (χ4v) is 1.85. The zero-order valence-corrected chi connectivity index (χ0v) is 11.8. The molecule has 0 saturated carbocycles. The summed E-state index contributed by atoms with van der Waals surface area (Å²) in [6, 6.07) is 18.2. The molecule has 0 spiro atoms. The van der Waals surface area contributed by atoms with E-state index in [0.717, 1.165) is 17.0 Å². The molecule has 2 aromatic carbocycles. The summed E-state index contributed by atoms with van der Waals surface area (Å²) in [5, 5.41) is 0. The van der Waals surface area contributed by atoms with Gasteiger partial charge in [-0.25, -0.2) is 0 Å². The van der Waals surface area contributed by atoms with E-state index >= 15 is 0 Å². The largest absolute Gasteiger partial charge is 0.490 e. The molecule has 20 heavy (non-hydrogen) atoms. The lowest BCUT2D eigenvalue weighted by Gasteiger charge is -2.06. The third-order valence-corrected chi connectivity index (χ3v) is 2.96. The number of aliphatic imine (C=N–C) groups is 1. The van der Waals surface area contributed by atoms with Gasteiger partial charge in [-0.05, 0) is 30.2 Å². The lowest BCUT2D eigenvalue weighted by Crippen LogP contribution is -1.98. The second-order valence-electron chi connectivity index (χ2n) is 4.51. The van der Waals surface area contributed by atoms with Crippen LogP contribution in [0.5, 0.6) is 5.75 Å². The molecule has 0 unspecified atom stereocenters. The minimum Gasteiger partial charge on any atom is -0.490 e. The Hall–Kier alpha value is -2.35. The fourth-order valence-electron chi connectivity index (χ4n) is 1.85. The maximum atomic E-state index is 5.54. The summed E-state index contributed by atoms with van der Waals surface area (Å²) in [5.41, 5.74) is 3.31. The van der Waals surface area contributed by atoms with Gasteiger partial charge in [0.15, 0.2) is 0 Å². The van der Waals surface area contributed by atoms with Gasteiger partial charge in [0.2, 0.25) is 0 Å². The topological polar surface area (TPSA) is 21.6 Å². The van der Waals surface area contributed by atoms with E-state index in [1.54, 1.807) is 6.08 Å². The van der Waals surface area contributed by atoms with E-state index in [9.17, 15) is 0 Å². The minimum atomic E-state index is 0.518. The van der Waals surface area contributed by atoms with Gasteiger partial charge < -0.3 is 4.74 Å². The summed E-state index contributed by atoms with van der Waals surface area (Å²) in [5.74, 6) is 0.844. The van der Waals surface area contributed by atoms with Crippen LogP contribution in [0.1, 0.15) is 18.1 Å². The van der Waals surface area contributed by atoms with Gasteiger partial charge in [-0.1, -0.05) is 55.1 Å².